The van der Waals surface area contributed by atoms with E-state index in [1.54, 1.807) is 24.3 Å². The summed E-state index contributed by atoms with van der Waals surface area (Å²) in [4.78, 5) is 60.1. The molecule has 0 spiro atoms. The van der Waals surface area contributed by atoms with Crippen molar-refractivity contribution in [2.24, 2.45) is 0 Å². The Balaban J connectivity index is 1.40. The predicted octanol–water partition coefficient (Wildman–Crippen LogP) is 12.4. The van der Waals surface area contributed by atoms with Crippen molar-refractivity contribution in [2.75, 3.05) is 9.80 Å². The average molecular weight is 988 g/mol. The van der Waals surface area contributed by atoms with Gasteiger partial charge in [0.25, 0.3) is 23.6 Å². The van der Waals surface area contributed by atoms with Gasteiger partial charge in [0.2, 0.25) is 0 Å². The van der Waals surface area contributed by atoms with Gasteiger partial charge in [0.05, 0.1) is 33.6 Å². The number of carbonyl (C=O) groups is 4. The van der Waals surface area contributed by atoms with E-state index in [0.29, 0.717) is 54.5 Å². The van der Waals surface area contributed by atoms with E-state index in [9.17, 15) is 19.2 Å². The molecule has 6 nitrogen and oxygen atoms in total. The summed E-state index contributed by atoms with van der Waals surface area (Å²) in [5.41, 5.74) is 4.93. The van der Waals surface area contributed by atoms with Gasteiger partial charge in [-0.05, 0) is 144 Å². The molecule has 256 valence electrons. The van der Waals surface area contributed by atoms with Crippen LogP contribution in [0.4, 0.5) is 11.4 Å². The number of aryl methyl sites for hydroxylation is 4. The Bertz CT molecular complexity index is 2580. The Kier molecular flexibility index (Phi) is 7.71. The largest absolute Gasteiger partial charge is 0.268 e. The molecule has 0 N–H and O–H groups in total. The van der Waals surface area contributed by atoms with Crippen LogP contribution in [-0.4, -0.2) is 23.6 Å². The van der Waals surface area contributed by atoms with Crippen molar-refractivity contribution in [1.82, 2.24) is 0 Å². The predicted molar refractivity (Wildman–Crippen MR) is 227 cm³/mol. The highest BCUT2D eigenvalue weighted by atomic mass is 127. The number of nitrogens with zero attached hydrogens (tertiary/aromatic N) is 2. The number of benzene rings is 7. The first-order chi connectivity index (χ1) is 24.6. The summed E-state index contributed by atoms with van der Waals surface area (Å²) in [6, 6.07) is 13.9. The van der Waals surface area contributed by atoms with E-state index in [-0.39, 0.29) is 42.3 Å². The maximum atomic E-state index is 14.4. The third-order valence-corrected chi connectivity index (χ3v) is 12.6. The number of carbonyl (C=O) groups excluding carboxylic acids is 4. The number of halogens is 6. The molecule has 0 aliphatic carbocycles. The van der Waals surface area contributed by atoms with E-state index in [2.05, 4.69) is 45.2 Å². The molecule has 0 fully saturated rings. The van der Waals surface area contributed by atoms with Crippen molar-refractivity contribution in [3.05, 3.63) is 120 Å². The Morgan fingerprint density at radius 2 is 0.615 bits per heavy atom. The first kappa shape index (κ1) is 34.5. The Hall–Kier alpha value is -3.26. The second-order valence-electron chi connectivity index (χ2n) is 13.3. The number of rotatable bonds is 2. The minimum absolute atomic E-state index is 0.181. The zero-order valence-electron chi connectivity index (χ0n) is 27.4. The molecule has 7 aromatic carbocycles. The zero-order chi connectivity index (χ0) is 37.0. The summed E-state index contributed by atoms with van der Waals surface area (Å²) in [7, 11) is 0. The molecular formula is C40H20Cl4I2N2O4. The average Bonchev–Trinajstić information content (AvgIpc) is 3.06. The molecule has 0 aromatic heterocycles. The first-order valence-corrected chi connectivity index (χ1v) is 19.6. The monoisotopic (exact) mass is 986 g/mol. The van der Waals surface area contributed by atoms with Crippen LogP contribution in [-0.2, 0) is 0 Å². The van der Waals surface area contributed by atoms with Crippen molar-refractivity contribution < 1.29 is 19.2 Å². The van der Waals surface area contributed by atoms with E-state index in [4.69, 9.17) is 46.4 Å². The number of imide groups is 2. The van der Waals surface area contributed by atoms with Gasteiger partial charge in [0.15, 0.2) is 0 Å². The molecule has 2 heterocycles. The van der Waals surface area contributed by atoms with Gasteiger partial charge in [-0.1, -0.05) is 46.4 Å². The lowest BCUT2D eigenvalue weighted by Crippen LogP contribution is -2.41. The van der Waals surface area contributed by atoms with Gasteiger partial charge >= 0.3 is 0 Å². The molecular weight excluding hydrogens is 968 g/mol. The van der Waals surface area contributed by atoms with E-state index in [0.717, 1.165) is 29.4 Å². The van der Waals surface area contributed by atoms with Gasteiger partial charge in [-0.25, -0.2) is 9.80 Å². The molecule has 9 rings (SSSR count). The van der Waals surface area contributed by atoms with E-state index < -0.39 is 23.6 Å². The van der Waals surface area contributed by atoms with Crippen LogP contribution in [0.2, 0.25) is 20.1 Å². The third-order valence-electron chi connectivity index (χ3n) is 10.2. The highest BCUT2D eigenvalue weighted by Gasteiger charge is 2.41. The van der Waals surface area contributed by atoms with Crippen LogP contribution < -0.4 is 9.80 Å². The van der Waals surface area contributed by atoms with Gasteiger partial charge in [-0.15, -0.1) is 0 Å². The number of anilines is 2. The molecule has 0 saturated heterocycles. The number of amides is 4. The van der Waals surface area contributed by atoms with Gasteiger partial charge < -0.3 is 0 Å². The molecule has 4 amide bonds. The van der Waals surface area contributed by atoms with Gasteiger partial charge in [0.1, 0.15) is 0 Å². The number of fused-ring (bicyclic) bond motifs is 2. The molecule has 7 aromatic rings. The second-order valence-corrected chi connectivity index (χ2v) is 17.4. The molecule has 52 heavy (non-hydrogen) atoms. The minimum atomic E-state index is -0.530. The van der Waals surface area contributed by atoms with Gasteiger partial charge in [0, 0.05) is 70.3 Å². The van der Waals surface area contributed by atoms with Gasteiger partial charge in [-0.3, -0.25) is 19.2 Å². The highest BCUT2D eigenvalue weighted by Crippen LogP contribution is 2.54. The van der Waals surface area contributed by atoms with Crippen LogP contribution in [0, 0.1) is 34.8 Å². The summed E-state index contributed by atoms with van der Waals surface area (Å²) in [5.74, 6) is -2.12. The second kappa shape index (κ2) is 11.6. The van der Waals surface area contributed by atoms with E-state index in [1.807, 2.05) is 52.0 Å². The van der Waals surface area contributed by atoms with Crippen LogP contribution in [0.5, 0.6) is 0 Å². The number of hydrogen-bond acceptors (Lipinski definition) is 4. The summed E-state index contributed by atoms with van der Waals surface area (Å²) in [5, 5.41) is 4.08. The summed E-state index contributed by atoms with van der Waals surface area (Å²) < 4.78 is 1.95. The molecule has 2 aliphatic rings. The fourth-order valence-corrected chi connectivity index (χ4v) is 11.4. The van der Waals surface area contributed by atoms with Crippen LogP contribution >= 0.6 is 91.6 Å². The molecule has 0 unspecified atom stereocenters. The van der Waals surface area contributed by atoms with E-state index in [1.165, 1.54) is 9.80 Å². The quantitative estimate of drug-likeness (QED) is 0.0749. The van der Waals surface area contributed by atoms with Crippen LogP contribution in [0.1, 0.15) is 63.7 Å². The lowest BCUT2D eigenvalue weighted by Gasteiger charge is -2.33. The van der Waals surface area contributed by atoms with Crippen molar-refractivity contribution in [3.8, 4) is 0 Å². The van der Waals surface area contributed by atoms with Crippen LogP contribution in [0.3, 0.4) is 0 Å². The molecule has 0 radical (unpaired) electrons. The molecule has 0 bridgehead atoms. The summed E-state index contributed by atoms with van der Waals surface area (Å²) in [6.07, 6.45) is 0. The molecule has 0 saturated carbocycles. The maximum absolute atomic E-state index is 14.4. The van der Waals surface area contributed by atoms with Crippen molar-refractivity contribution in [2.45, 2.75) is 27.7 Å². The lowest BCUT2D eigenvalue weighted by atomic mass is 9.81. The van der Waals surface area contributed by atoms with Crippen molar-refractivity contribution in [1.29, 1.82) is 0 Å². The lowest BCUT2D eigenvalue weighted by molar-refractivity contribution is 0.0877. The standard InChI is InChI=1S/C40H20Cl4I2N2O4/c1-13-5-17(45)6-14(2)35(13)47-37(49)19-9-23(41)29-31-25(43)11-21-28-22(40(52)48(39(21)51)36-15(3)7-18(46)8-16(36)4)12-26(44)32(34(28)31)30-24(42)10-20(38(47)50)27(19)33(29)30/h5-12H,1-4H3. The fourth-order valence-electron chi connectivity index (χ4n) is 8.38. The Morgan fingerprint density at radius 3 is 0.846 bits per heavy atom. The molecule has 0 atom stereocenters. The summed E-state index contributed by atoms with van der Waals surface area (Å²) >= 11 is 33.1. The Labute approximate surface area is 343 Å². The normalized spacial score (nSPS) is 14.4. The highest BCUT2D eigenvalue weighted by molar-refractivity contribution is 14.1. The zero-order valence-corrected chi connectivity index (χ0v) is 34.8. The van der Waals surface area contributed by atoms with Crippen molar-refractivity contribution >= 4 is 170 Å². The summed E-state index contributed by atoms with van der Waals surface area (Å²) in [6.45, 7) is 7.43. The topological polar surface area (TPSA) is 74.8 Å². The van der Waals surface area contributed by atoms with E-state index >= 15 is 0 Å². The van der Waals surface area contributed by atoms with Crippen LogP contribution in [0.25, 0.3) is 43.1 Å². The molecule has 12 heteroatoms. The minimum Gasteiger partial charge on any atom is -0.268 e. The SMILES string of the molecule is Cc1cc(I)cc(C)c1N1C(=O)c2cc(Cl)c3c4c(Cl)cc5c6c(cc(Cl)c(c7c(Cl)cc(c2c37)C1=O)c64)C(=O)N(c1c(C)cc(I)cc1C)C5=O. The van der Waals surface area contributed by atoms with Gasteiger partial charge in [-0.2, -0.15) is 0 Å². The first-order valence-electron chi connectivity index (χ1n) is 15.9. The Morgan fingerprint density at radius 1 is 0.385 bits per heavy atom. The number of hydrogen-bond donors (Lipinski definition) is 0. The van der Waals surface area contributed by atoms with Crippen molar-refractivity contribution in [3.63, 3.8) is 0 Å². The maximum Gasteiger partial charge on any atom is 0.266 e. The smallest absolute Gasteiger partial charge is 0.266 e. The molecule has 2 aliphatic heterocycles. The van der Waals surface area contributed by atoms with Crippen LogP contribution in [0.15, 0.2) is 48.5 Å². The fraction of sp³-hybridized carbons (Fsp3) is 0.100. The third kappa shape index (κ3) is 4.42.